The van der Waals surface area contributed by atoms with Gasteiger partial charge in [0.05, 0.1) is 5.56 Å². The number of ether oxygens (including phenoxy) is 1. The van der Waals surface area contributed by atoms with Gasteiger partial charge in [0.25, 0.3) is 0 Å². The van der Waals surface area contributed by atoms with Gasteiger partial charge in [-0.3, -0.25) is 0 Å². The van der Waals surface area contributed by atoms with Crippen molar-refractivity contribution < 1.29 is 22.0 Å². The lowest BCUT2D eigenvalue weighted by Gasteiger charge is -2.21. The summed E-state index contributed by atoms with van der Waals surface area (Å²) in [5.41, 5.74) is 2.76. The van der Waals surface area contributed by atoms with Crippen LogP contribution < -0.4 is 0 Å². The van der Waals surface area contributed by atoms with Crippen LogP contribution in [0.4, 0.5) is 17.3 Å². The van der Waals surface area contributed by atoms with Crippen LogP contribution in [-0.4, -0.2) is 24.4 Å². The first kappa shape index (κ1) is 20.8. The predicted molar refractivity (Wildman–Crippen MR) is 104 cm³/mol. The van der Waals surface area contributed by atoms with E-state index in [9.17, 15) is 17.3 Å². The van der Waals surface area contributed by atoms with Gasteiger partial charge in [-0.1, -0.05) is 43.7 Å². The molecule has 26 heavy (non-hydrogen) atoms. The van der Waals surface area contributed by atoms with E-state index in [4.69, 9.17) is 4.74 Å². The lowest BCUT2D eigenvalue weighted by Crippen LogP contribution is -2.11. The third kappa shape index (κ3) is 5.78. The van der Waals surface area contributed by atoms with Crippen LogP contribution in [0.25, 0.3) is 16.8 Å². The van der Waals surface area contributed by atoms with Crippen LogP contribution in [0.15, 0.2) is 41.3 Å². The molecule has 2 aromatic rings. The summed E-state index contributed by atoms with van der Waals surface area (Å²) in [4.78, 5) is 1.41. The van der Waals surface area contributed by atoms with Crippen molar-refractivity contribution in [2.45, 2.75) is 37.7 Å². The molecule has 0 fully saturated rings. The summed E-state index contributed by atoms with van der Waals surface area (Å²) in [5.74, 6) is 1.19. The van der Waals surface area contributed by atoms with Gasteiger partial charge >= 0.3 is 7.25 Å². The minimum Gasteiger partial charge on any atom is -0.425 e. The number of benzene rings is 2. The Labute approximate surface area is 155 Å². The van der Waals surface area contributed by atoms with Crippen molar-refractivity contribution in [3.05, 3.63) is 47.5 Å². The third-order valence-corrected chi connectivity index (χ3v) is 5.13. The van der Waals surface area contributed by atoms with Crippen LogP contribution in [0.3, 0.4) is 0 Å². The molecular formula is C19H23BF4OS. The maximum absolute atomic E-state index is 9.75. The summed E-state index contributed by atoms with van der Waals surface area (Å²) >= 11 is 1.99. The van der Waals surface area contributed by atoms with Crippen molar-refractivity contribution in [3.8, 4) is 0 Å². The molecular weight excluding hydrogens is 363 g/mol. The molecule has 1 unspecified atom stereocenters. The molecule has 1 nitrogen and oxygen atoms in total. The molecule has 0 spiro atoms. The van der Waals surface area contributed by atoms with Gasteiger partial charge in [0.2, 0.25) is 6.10 Å². The Morgan fingerprint density at radius 1 is 1.08 bits per heavy atom. The normalized spacial score (nSPS) is 15.7. The maximum atomic E-state index is 9.75. The Bertz CT molecular complexity index is 755. The largest absolute Gasteiger partial charge is 0.673 e. The zero-order valence-electron chi connectivity index (χ0n) is 14.9. The van der Waals surface area contributed by atoms with Crippen LogP contribution in [-0.2, 0) is 0 Å². The molecule has 0 saturated heterocycles. The van der Waals surface area contributed by atoms with E-state index < -0.39 is 7.25 Å². The molecule has 3 rings (SSSR count). The number of thioether (sulfide) groups is 1. The molecule has 0 bridgehead atoms. The van der Waals surface area contributed by atoms with E-state index in [0.29, 0.717) is 0 Å². The molecule has 0 heterocycles. The second kappa shape index (κ2) is 9.46. The Balaban J connectivity index is 0.000000431. The second-order valence-electron chi connectivity index (χ2n) is 5.92. The fourth-order valence-corrected chi connectivity index (χ4v) is 4.14. The third-order valence-electron chi connectivity index (χ3n) is 3.97. The summed E-state index contributed by atoms with van der Waals surface area (Å²) in [7, 11) is -6.00. The summed E-state index contributed by atoms with van der Waals surface area (Å²) in [6.07, 6.45) is 7.24. The molecule has 1 aliphatic carbocycles. The van der Waals surface area contributed by atoms with Crippen LogP contribution in [0.5, 0.6) is 0 Å². The van der Waals surface area contributed by atoms with E-state index >= 15 is 0 Å². The Hall–Kier alpha value is -1.47. The van der Waals surface area contributed by atoms with Crippen molar-refractivity contribution in [2.24, 2.45) is 0 Å². The minimum atomic E-state index is -6.00. The van der Waals surface area contributed by atoms with Crippen LogP contribution >= 0.6 is 11.8 Å². The van der Waals surface area contributed by atoms with E-state index in [1.165, 1.54) is 45.4 Å². The van der Waals surface area contributed by atoms with Crippen molar-refractivity contribution in [1.82, 2.24) is 0 Å². The number of hydrogen-bond acceptors (Lipinski definition) is 1. The Morgan fingerprint density at radius 2 is 1.81 bits per heavy atom. The summed E-state index contributed by atoms with van der Waals surface area (Å²) < 4.78 is 43.8. The standard InChI is InChI=1S/C19H22OS.BF4/c1-3-5-13-21-17-12-10-15-8-6-7-14-9-11-16(20-4-2)19(17)18(14)15;2-1(3,4)5/h6-12,16H,3-5,13H2,1-2H3;/q;-1/p+1. The zero-order valence-corrected chi connectivity index (χ0v) is 15.7. The van der Waals surface area contributed by atoms with Gasteiger partial charge in [-0.25, -0.2) is 0 Å². The average molecular weight is 386 g/mol. The Morgan fingerprint density at radius 3 is 2.46 bits per heavy atom. The molecule has 1 atom stereocenters. The highest BCUT2D eigenvalue weighted by Gasteiger charge is 2.24. The number of halogens is 4. The van der Waals surface area contributed by atoms with Gasteiger partial charge in [0.1, 0.15) is 6.61 Å². The zero-order chi connectivity index (χ0) is 19.2. The van der Waals surface area contributed by atoms with Crippen LogP contribution in [0.1, 0.15) is 43.9 Å². The quantitative estimate of drug-likeness (QED) is 0.178. The fourth-order valence-electron chi connectivity index (χ4n) is 2.94. The first-order valence-corrected chi connectivity index (χ1v) is 9.74. The van der Waals surface area contributed by atoms with Crippen molar-refractivity contribution in [1.29, 1.82) is 0 Å². The van der Waals surface area contributed by atoms with E-state index in [2.05, 4.69) is 56.3 Å². The number of unbranched alkanes of at least 4 members (excludes halogenated alkanes) is 1. The van der Waals surface area contributed by atoms with E-state index in [1.54, 1.807) is 0 Å². The van der Waals surface area contributed by atoms with E-state index in [0.717, 1.165) is 6.61 Å². The first-order chi connectivity index (χ1) is 12.3. The first-order valence-electron chi connectivity index (χ1n) is 8.75. The lowest BCUT2D eigenvalue weighted by molar-refractivity contribution is -0.0738. The van der Waals surface area contributed by atoms with Gasteiger partial charge in [-0.2, -0.15) is 0 Å². The monoisotopic (exact) mass is 386 g/mol. The van der Waals surface area contributed by atoms with E-state index in [-0.39, 0.29) is 6.10 Å². The molecule has 1 N–H and O–H groups in total. The number of hydrogen-bond donors (Lipinski definition) is 0. The fraction of sp³-hybridized carbons (Fsp3) is 0.368. The molecule has 0 radical (unpaired) electrons. The molecule has 2 aromatic carbocycles. The smallest absolute Gasteiger partial charge is 0.425 e. The minimum absolute atomic E-state index is 0.220. The van der Waals surface area contributed by atoms with Gasteiger partial charge in [-0.15, -0.1) is 11.8 Å². The van der Waals surface area contributed by atoms with E-state index in [1.807, 2.05) is 11.8 Å². The molecule has 0 saturated carbocycles. The van der Waals surface area contributed by atoms with Crippen molar-refractivity contribution >= 4 is 35.9 Å². The number of rotatable bonds is 6. The van der Waals surface area contributed by atoms with Crippen LogP contribution in [0.2, 0.25) is 0 Å². The van der Waals surface area contributed by atoms with Gasteiger partial charge < -0.3 is 22.0 Å². The highest BCUT2D eigenvalue weighted by molar-refractivity contribution is 7.99. The van der Waals surface area contributed by atoms with Crippen molar-refractivity contribution in [2.75, 3.05) is 12.4 Å². The topological polar surface area (TPSA) is 12.8 Å². The summed E-state index contributed by atoms with van der Waals surface area (Å²) in [6.45, 7) is 5.24. The molecule has 0 aliphatic heterocycles. The average Bonchev–Trinajstić information content (AvgIpc) is 2.57. The highest BCUT2D eigenvalue weighted by Crippen LogP contribution is 2.40. The predicted octanol–water partition coefficient (Wildman–Crippen LogP) is 6.65. The van der Waals surface area contributed by atoms with Gasteiger partial charge in [0, 0.05) is 17.2 Å². The summed E-state index contributed by atoms with van der Waals surface area (Å²) in [5, 5.41) is 2.74. The number of aliphatic hydroxyl groups is 2. The molecule has 0 amide bonds. The van der Waals surface area contributed by atoms with Crippen LogP contribution in [0, 0.1) is 0 Å². The molecule has 1 aliphatic rings. The lowest BCUT2D eigenvalue weighted by atomic mass is 9.91. The molecule has 142 valence electrons. The molecule has 7 heteroatoms. The maximum Gasteiger partial charge on any atom is 0.673 e. The highest BCUT2D eigenvalue weighted by atomic mass is 32.2. The summed E-state index contributed by atoms with van der Waals surface area (Å²) in [6, 6.07) is 11.1. The second-order valence-corrected chi connectivity index (χ2v) is 7.06. The van der Waals surface area contributed by atoms with Gasteiger partial charge in [0.15, 0.2) is 0 Å². The van der Waals surface area contributed by atoms with Crippen molar-refractivity contribution in [3.63, 3.8) is 0 Å². The SMILES string of the molecule is CCCCSc1ccc2cccc3c2c1C([OH+]CC)C=C3.F[B-](F)(F)F. The molecule has 0 aromatic heterocycles. The van der Waals surface area contributed by atoms with Gasteiger partial charge in [-0.05, 0) is 35.3 Å². The Kier molecular flexibility index (Phi) is 7.59.